The summed E-state index contributed by atoms with van der Waals surface area (Å²) in [6, 6.07) is 13.6. The number of nitrogens with one attached hydrogen (secondary N) is 2. The van der Waals surface area contributed by atoms with Gasteiger partial charge in [-0.1, -0.05) is 17.7 Å². The van der Waals surface area contributed by atoms with E-state index in [2.05, 4.69) is 10.6 Å². The molecule has 2 aromatic rings. The zero-order valence-corrected chi connectivity index (χ0v) is 10.9. The second kappa shape index (κ2) is 4.76. The zero-order chi connectivity index (χ0) is 13.2. The molecule has 1 heterocycles. The Morgan fingerprint density at radius 1 is 1.16 bits per heavy atom. The molecule has 0 unspecified atom stereocenters. The van der Waals surface area contributed by atoms with Crippen molar-refractivity contribution in [1.82, 2.24) is 0 Å². The van der Waals surface area contributed by atoms with Gasteiger partial charge in [-0.05, 0) is 49.2 Å². The highest BCUT2D eigenvalue weighted by Crippen LogP contribution is 2.23. The summed E-state index contributed by atoms with van der Waals surface area (Å²) in [7, 11) is 0. The molecular formula is C16H16N2O. The number of fused-ring (bicyclic) bond motifs is 1. The average molecular weight is 252 g/mol. The minimum atomic E-state index is -0.0569. The van der Waals surface area contributed by atoms with Gasteiger partial charge in [-0.15, -0.1) is 0 Å². The van der Waals surface area contributed by atoms with Gasteiger partial charge in [0.05, 0.1) is 0 Å². The summed E-state index contributed by atoms with van der Waals surface area (Å²) in [4.78, 5) is 12.2. The van der Waals surface area contributed by atoms with E-state index in [1.165, 1.54) is 11.1 Å². The number of rotatable bonds is 2. The first kappa shape index (κ1) is 11.8. The van der Waals surface area contributed by atoms with E-state index in [-0.39, 0.29) is 5.91 Å². The van der Waals surface area contributed by atoms with Crippen molar-refractivity contribution in [3.63, 3.8) is 0 Å². The summed E-state index contributed by atoms with van der Waals surface area (Å²) in [6.07, 6.45) is 0.987. The van der Waals surface area contributed by atoms with E-state index in [9.17, 15) is 4.79 Å². The Kier molecular flexibility index (Phi) is 2.95. The largest absolute Gasteiger partial charge is 0.384 e. The molecule has 19 heavy (non-hydrogen) atoms. The normalized spacial score (nSPS) is 12.7. The SMILES string of the molecule is Cc1ccc(NC(=O)c2ccc3c(c2)CCN3)cc1. The topological polar surface area (TPSA) is 41.1 Å². The molecule has 0 saturated heterocycles. The van der Waals surface area contributed by atoms with Crippen molar-refractivity contribution in [2.24, 2.45) is 0 Å². The van der Waals surface area contributed by atoms with Crippen molar-refractivity contribution in [3.05, 3.63) is 59.2 Å². The fraction of sp³-hybridized carbons (Fsp3) is 0.188. The lowest BCUT2D eigenvalue weighted by Crippen LogP contribution is -2.12. The molecule has 0 spiro atoms. The lowest BCUT2D eigenvalue weighted by Gasteiger charge is -2.07. The van der Waals surface area contributed by atoms with Crippen molar-refractivity contribution in [1.29, 1.82) is 0 Å². The number of carbonyl (C=O) groups excluding carboxylic acids is 1. The molecule has 1 aliphatic rings. The highest BCUT2D eigenvalue weighted by Gasteiger charge is 2.13. The van der Waals surface area contributed by atoms with Gasteiger partial charge in [0.15, 0.2) is 0 Å². The minimum Gasteiger partial charge on any atom is -0.384 e. The lowest BCUT2D eigenvalue weighted by atomic mass is 10.1. The van der Waals surface area contributed by atoms with Gasteiger partial charge < -0.3 is 10.6 Å². The van der Waals surface area contributed by atoms with Gasteiger partial charge in [-0.2, -0.15) is 0 Å². The molecule has 2 aromatic carbocycles. The van der Waals surface area contributed by atoms with Crippen LogP contribution in [0.25, 0.3) is 0 Å². The molecule has 3 nitrogen and oxygen atoms in total. The van der Waals surface area contributed by atoms with E-state index >= 15 is 0 Å². The smallest absolute Gasteiger partial charge is 0.255 e. The number of amides is 1. The highest BCUT2D eigenvalue weighted by atomic mass is 16.1. The number of hydrogen-bond acceptors (Lipinski definition) is 2. The van der Waals surface area contributed by atoms with Gasteiger partial charge in [0.2, 0.25) is 0 Å². The van der Waals surface area contributed by atoms with Crippen molar-refractivity contribution >= 4 is 17.3 Å². The Bertz CT molecular complexity index is 617. The van der Waals surface area contributed by atoms with Gasteiger partial charge >= 0.3 is 0 Å². The summed E-state index contributed by atoms with van der Waals surface area (Å²) >= 11 is 0. The van der Waals surface area contributed by atoms with Crippen LogP contribution in [-0.2, 0) is 6.42 Å². The van der Waals surface area contributed by atoms with Crippen LogP contribution < -0.4 is 10.6 Å². The van der Waals surface area contributed by atoms with Crippen LogP contribution in [0.4, 0.5) is 11.4 Å². The summed E-state index contributed by atoms with van der Waals surface area (Å²) in [5.41, 5.74) is 5.09. The molecule has 1 aliphatic heterocycles. The molecule has 0 aromatic heterocycles. The maximum absolute atomic E-state index is 12.2. The van der Waals surface area contributed by atoms with E-state index in [1.54, 1.807) is 0 Å². The Labute approximate surface area is 112 Å². The quantitative estimate of drug-likeness (QED) is 0.861. The number of carbonyl (C=O) groups is 1. The fourth-order valence-electron chi connectivity index (χ4n) is 2.29. The molecule has 0 bridgehead atoms. The third kappa shape index (κ3) is 2.45. The van der Waals surface area contributed by atoms with E-state index in [0.717, 1.165) is 24.3 Å². The summed E-state index contributed by atoms with van der Waals surface area (Å²) in [5, 5.41) is 6.21. The van der Waals surface area contributed by atoms with Crippen molar-refractivity contribution in [2.45, 2.75) is 13.3 Å². The number of aryl methyl sites for hydroxylation is 1. The van der Waals surface area contributed by atoms with Crippen molar-refractivity contribution in [2.75, 3.05) is 17.2 Å². The number of benzene rings is 2. The molecule has 0 radical (unpaired) electrons. The maximum Gasteiger partial charge on any atom is 0.255 e. The van der Waals surface area contributed by atoms with Crippen LogP contribution >= 0.6 is 0 Å². The van der Waals surface area contributed by atoms with Crippen molar-refractivity contribution < 1.29 is 4.79 Å². The van der Waals surface area contributed by atoms with Gasteiger partial charge in [0.25, 0.3) is 5.91 Å². The Balaban J connectivity index is 1.78. The Morgan fingerprint density at radius 2 is 1.95 bits per heavy atom. The second-order valence-corrected chi connectivity index (χ2v) is 4.87. The Hall–Kier alpha value is -2.29. The van der Waals surface area contributed by atoms with Crippen LogP contribution in [0.5, 0.6) is 0 Å². The monoisotopic (exact) mass is 252 g/mol. The van der Waals surface area contributed by atoms with Gasteiger partial charge in [0.1, 0.15) is 0 Å². The minimum absolute atomic E-state index is 0.0569. The summed E-state index contributed by atoms with van der Waals surface area (Å²) in [5.74, 6) is -0.0569. The van der Waals surface area contributed by atoms with E-state index in [4.69, 9.17) is 0 Å². The molecule has 1 amide bonds. The van der Waals surface area contributed by atoms with Crippen LogP contribution in [0.15, 0.2) is 42.5 Å². The van der Waals surface area contributed by atoms with Crippen LogP contribution in [0.3, 0.4) is 0 Å². The lowest BCUT2D eigenvalue weighted by molar-refractivity contribution is 0.102. The predicted octanol–water partition coefficient (Wildman–Crippen LogP) is 3.22. The van der Waals surface area contributed by atoms with E-state index in [0.29, 0.717) is 5.56 Å². The first-order chi connectivity index (χ1) is 9.22. The molecule has 0 aliphatic carbocycles. The zero-order valence-electron chi connectivity index (χ0n) is 10.9. The van der Waals surface area contributed by atoms with Crippen LogP contribution in [0.1, 0.15) is 21.5 Å². The average Bonchev–Trinajstić information content (AvgIpc) is 2.88. The molecule has 2 N–H and O–H groups in total. The predicted molar refractivity (Wildman–Crippen MR) is 77.8 cm³/mol. The van der Waals surface area contributed by atoms with Crippen LogP contribution in [0, 0.1) is 6.92 Å². The Morgan fingerprint density at radius 3 is 2.74 bits per heavy atom. The first-order valence-corrected chi connectivity index (χ1v) is 6.47. The van der Waals surface area contributed by atoms with Gasteiger partial charge in [-0.25, -0.2) is 0 Å². The van der Waals surface area contributed by atoms with Crippen LogP contribution in [-0.4, -0.2) is 12.5 Å². The van der Waals surface area contributed by atoms with Crippen LogP contribution in [0.2, 0.25) is 0 Å². The molecule has 0 fully saturated rings. The van der Waals surface area contributed by atoms with Gasteiger partial charge in [-0.3, -0.25) is 4.79 Å². The summed E-state index contributed by atoms with van der Waals surface area (Å²) < 4.78 is 0. The van der Waals surface area contributed by atoms with Crippen molar-refractivity contribution in [3.8, 4) is 0 Å². The third-order valence-corrected chi connectivity index (χ3v) is 3.39. The molecule has 3 heteroatoms. The number of hydrogen-bond donors (Lipinski definition) is 2. The fourth-order valence-corrected chi connectivity index (χ4v) is 2.29. The molecule has 96 valence electrons. The molecular weight excluding hydrogens is 236 g/mol. The first-order valence-electron chi connectivity index (χ1n) is 6.47. The number of anilines is 2. The highest BCUT2D eigenvalue weighted by molar-refractivity contribution is 6.04. The van der Waals surface area contributed by atoms with Gasteiger partial charge in [0, 0.05) is 23.5 Å². The van der Waals surface area contributed by atoms with E-state index < -0.39 is 0 Å². The maximum atomic E-state index is 12.2. The third-order valence-electron chi connectivity index (χ3n) is 3.39. The van der Waals surface area contributed by atoms with E-state index in [1.807, 2.05) is 49.4 Å². The molecule has 0 atom stereocenters. The second-order valence-electron chi connectivity index (χ2n) is 4.87. The standard InChI is InChI=1S/C16H16N2O/c1-11-2-5-14(6-3-11)18-16(19)13-4-7-15-12(10-13)8-9-17-15/h2-7,10,17H,8-9H2,1H3,(H,18,19). The molecule has 0 saturated carbocycles. The molecule has 3 rings (SSSR count). The summed E-state index contributed by atoms with van der Waals surface area (Å²) in [6.45, 7) is 2.98.